The van der Waals surface area contributed by atoms with Crippen LogP contribution in [0.3, 0.4) is 0 Å². The Balaban J connectivity index is 1.69. The lowest BCUT2D eigenvalue weighted by atomic mass is 10.1. The molecular formula is C22H22ClN5O3S. The van der Waals surface area contributed by atoms with E-state index in [0.717, 1.165) is 0 Å². The van der Waals surface area contributed by atoms with Gasteiger partial charge in [-0.1, -0.05) is 47.6 Å². The summed E-state index contributed by atoms with van der Waals surface area (Å²) in [6, 6.07) is 13.7. The molecule has 0 fully saturated rings. The fourth-order valence-corrected chi connectivity index (χ4v) is 3.86. The third-order valence-electron chi connectivity index (χ3n) is 4.33. The van der Waals surface area contributed by atoms with Crippen molar-refractivity contribution in [3.63, 3.8) is 0 Å². The monoisotopic (exact) mass is 471 g/mol. The Labute approximate surface area is 194 Å². The number of carbonyl (C=O) groups is 2. The van der Waals surface area contributed by atoms with Crippen molar-refractivity contribution in [2.24, 2.45) is 5.73 Å². The molecule has 0 saturated carbocycles. The number of benzene rings is 2. The van der Waals surface area contributed by atoms with Crippen molar-refractivity contribution >= 4 is 40.9 Å². The summed E-state index contributed by atoms with van der Waals surface area (Å²) in [4.78, 5) is 24.0. The molecule has 1 unspecified atom stereocenters. The second-order valence-electron chi connectivity index (χ2n) is 6.70. The van der Waals surface area contributed by atoms with E-state index >= 15 is 0 Å². The number of thioether (sulfide) groups is 1. The van der Waals surface area contributed by atoms with E-state index in [-0.39, 0.29) is 17.2 Å². The predicted molar refractivity (Wildman–Crippen MR) is 125 cm³/mol. The lowest BCUT2D eigenvalue weighted by Gasteiger charge is -2.16. The molecule has 0 aliphatic rings. The smallest absolute Gasteiger partial charge is 0.250 e. The van der Waals surface area contributed by atoms with Crippen LogP contribution in [0.5, 0.6) is 5.75 Å². The molecule has 1 aromatic heterocycles. The van der Waals surface area contributed by atoms with E-state index < -0.39 is 12.0 Å². The van der Waals surface area contributed by atoms with E-state index in [4.69, 9.17) is 22.1 Å². The number of nitrogens with zero attached hydrogens (tertiary/aromatic N) is 3. The first-order chi connectivity index (χ1) is 15.4. The van der Waals surface area contributed by atoms with E-state index in [1.165, 1.54) is 11.8 Å². The molecule has 166 valence electrons. The number of rotatable bonds is 10. The maximum atomic E-state index is 12.4. The number of hydrogen-bond donors (Lipinski definition) is 2. The van der Waals surface area contributed by atoms with Gasteiger partial charge in [0, 0.05) is 11.6 Å². The van der Waals surface area contributed by atoms with Crippen molar-refractivity contribution < 1.29 is 14.3 Å². The number of allylic oxidation sites excluding steroid dienone is 1. The minimum Gasteiger partial charge on any atom is -0.483 e. The van der Waals surface area contributed by atoms with Crippen LogP contribution >= 0.6 is 23.4 Å². The number of amides is 2. The SMILES string of the molecule is C=CCn1c(SCC(=O)Nc2ccccc2C(N)=O)nnc1C(C)Oc1cccc(Cl)c1. The summed E-state index contributed by atoms with van der Waals surface area (Å²) in [5.41, 5.74) is 5.97. The van der Waals surface area contributed by atoms with E-state index in [1.54, 1.807) is 54.6 Å². The number of anilines is 1. The number of halogens is 1. The summed E-state index contributed by atoms with van der Waals surface area (Å²) >= 11 is 7.23. The van der Waals surface area contributed by atoms with Gasteiger partial charge in [-0.25, -0.2) is 0 Å². The number of para-hydroxylation sites is 1. The summed E-state index contributed by atoms with van der Waals surface area (Å²) in [6.07, 6.45) is 1.30. The van der Waals surface area contributed by atoms with Crippen LogP contribution in [0.2, 0.25) is 5.02 Å². The summed E-state index contributed by atoms with van der Waals surface area (Å²) in [5, 5.41) is 12.3. The summed E-state index contributed by atoms with van der Waals surface area (Å²) in [7, 11) is 0. The van der Waals surface area contributed by atoms with Crippen molar-refractivity contribution in [1.29, 1.82) is 0 Å². The highest BCUT2D eigenvalue weighted by atomic mass is 35.5. The van der Waals surface area contributed by atoms with Gasteiger partial charge < -0.3 is 15.8 Å². The van der Waals surface area contributed by atoms with Crippen molar-refractivity contribution in [1.82, 2.24) is 14.8 Å². The quantitative estimate of drug-likeness (QED) is 0.340. The molecule has 2 aromatic carbocycles. The minimum absolute atomic E-state index is 0.0614. The van der Waals surface area contributed by atoms with Gasteiger partial charge in [-0.05, 0) is 37.3 Å². The molecule has 8 nitrogen and oxygen atoms in total. The summed E-state index contributed by atoms with van der Waals surface area (Å²) in [5.74, 6) is 0.345. The molecule has 0 saturated heterocycles. The zero-order chi connectivity index (χ0) is 23.1. The first-order valence-electron chi connectivity index (χ1n) is 9.66. The molecule has 0 spiro atoms. The minimum atomic E-state index is -0.613. The van der Waals surface area contributed by atoms with Crippen LogP contribution in [-0.2, 0) is 11.3 Å². The molecule has 1 atom stereocenters. The van der Waals surface area contributed by atoms with E-state index in [1.807, 2.05) is 11.5 Å². The average Bonchev–Trinajstić information content (AvgIpc) is 3.15. The molecular weight excluding hydrogens is 450 g/mol. The maximum Gasteiger partial charge on any atom is 0.250 e. The van der Waals surface area contributed by atoms with Crippen LogP contribution in [-0.4, -0.2) is 32.3 Å². The van der Waals surface area contributed by atoms with Gasteiger partial charge in [0.25, 0.3) is 5.91 Å². The lowest BCUT2D eigenvalue weighted by Crippen LogP contribution is -2.19. The Morgan fingerprint density at radius 1 is 1.28 bits per heavy atom. The molecule has 10 heteroatoms. The molecule has 2 amide bonds. The molecule has 3 rings (SSSR count). The first-order valence-corrected chi connectivity index (χ1v) is 11.0. The number of carbonyl (C=O) groups excluding carboxylic acids is 2. The maximum absolute atomic E-state index is 12.4. The van der Waals surface area contributed by atoms with E-state index in [0.29, 0.717) is 34.0 Å². The molecule has 32 heavy (non-hydrogen) atoms. The standard InChI is InChI=1S/C22H22ClN5O3S/c1-3-11-28-21(14(2)31-16-8-6-7-15(23)12-16)26-27-22(28)32-13-19(29)25-18-10-5-4-9-17(18)20(24)30/h3-10,12,14H,1,11,13H2,2H3,(H2,24,30)(H,25,29). The highest BCUT2D eigenvalue weighted by Gasteiger charge is 2.20. The Bertz CT molecular complexity index is 1130. The van der Waals surface area contributed by atoms with Gasteiger partial charge in [-0.3, -0.25) is 14.2 Å². The Hall–Kier alpha value is -3.30. The Morgan fingerprint density at radius 3 is 2.78 bits per heavy atom. The molecule has 1 heterocycles. The highest BCUT2D eigenvalue weighted by molar-refractivity contribution is 7.99. The fourth-order valence-electron chi connectivity index (χ4n) is 2.93. The second kappa shape index (κ2) is 10.8. The number of aromatic nitrogens is 3. The van der Waals surface area contributed by atoms with Crippen molar-refractivity contribution in [3.8, 4) is 5.75 Å². The van der Waals surface area contributed by atoms with Crippen LogP contribution in [0.1, 0.15) is 29.2 Å². The van der Waals surface area contributed by atoms with Crippen molar-refractivity contribution in [2.75, 3.05) is 11.1 Å². The van der Waals surface area contributed by atoms with Crippen LogP contribution in [0, 0.1) is 0 Å². The first kappa shape index (κ1) is 23.4. The fraction of sp³-hybridized carbons (Fsp3) is 0.182. The van der Waals surface area contributed by atoms with Gasteiger partial charge in [0.1, 0.15) is 5.75 Å². The number of nitrogens with one attached hydrogen (secondary N) is 1. The summed E-state index contributed by atoms with van der Waals surface area (Å²) < 4.78 is 7.78. The molecule has 3 aromatic rings. The van der Waals surface area contributed by atoms with Crippen molar-refractivity contribution in [3.05, 3.63) is 77.6 Å². The third kappa shape index (κ3) is 5.89. The molecule has 0 radical (unpaired) electrons. The largest absolute Gasteiger partial charge is 0.483 e. The molecule has 3 N–H and O–H groups in total. The topological polar surface area (TPSA) is 112 Å². The number of ether oxygens (including phenoxy) is 1. The normalized spacial score (nSPS) is 11.6. The van der Waals surface area contributed by atoms with Gasteiger partial charge in [-0.15, -0.1) is 16.8 Å². The second-order valence-corrected chi connectivity index (χ2v) is 8.08. The van der Waals surface area contributed by atoms with Gasteiger partial charge in [-0.2, -0.15) is 0 Å². The predicted octanol–water partition coefficient (Wildman–Crippen LogP) is 4.09. The van der Waals surface area contributed by atoms with E-state index in [9.17, 15) is 9.59 Å². The van der Waals surface area contributed by atoms with Crippen molar-refractivity contribution in [2.45, 2.75) is 24.7 Å². The number of nitrogens with two attached hydrogens (primary N) is 1. The Kier molecular flexibility index (Phi) is 7.91. The van der Waals surface area contributed by atoms with Gasteiger partial charge in [0.05, 0.1) is 17.0 Å². The van der Waals surface area contributed by atoms with Crippen LogP contribution in [0.25, 0.3) is 0 Å². The molecule has 0 aliphatic heterocycles. The molecule has 0 aliphatic carbocycles. The van der Waals surface area contributed by atoms with Crippen LogP contribution < -0.4 is 15.8 Å². The van der Waals surface area contributed by atoms with E-state index in [2.05, 4.69) is 22.1 Å². The van der Waals surface area contributed by atoms with Crippen LogP contribution in [0.15, 0.2) is 66.3 Å². The zero-order valence-corrected chi connectivity index (χ0v) is 18.9. The Morgan fingerprint density at radius 2 is 2.06 bits per heavy atom. The number of primary amides is 1. The number of hydrogen-bond acceptors (Lipinski definition) is 6. The van der Waals surface area contributed by atoms with Gasteiger partial charge in [0.15, 0.2) is 17.1 Å². The highest BCUT2D eigenvalue weighted by Crippen LogP contribution is 2.26. The van der Waals surface area contributed by atoms with Crippen LogP contribution in [0.4, 0.5) is 5.69 Å². The van der Waals surface area contributed by atoms with Gasteiger partial charge in [0.2, 0.25) is 5.91 Å². The lowest BCUT2D eigenvalue weighted by molar-refractivity contribution is -0.113. The zero-order valence-electron chi connectivity index (χ0n) is 17.3. The van der Waals surface area contributed by atoms with Gasteiger partial charge >= 0.3 is 0 Å². The summed E-state index contributed by atoms with van der Waals surface area (Å²) in [6.45, 7) is 6.08. The molecule has 0 bridgehead atoms. The average molecular weight is 472 g/mol. The third-order valence-corrected chi connectivity index (χ3v) is 5.53.